The molecule has 1 atom stereocenters. The summed E-state index contributed by atoms with van der Waals surface area (Å²) in [4.78, 5) is 0. The number of nitrogens with zero attached hydrogens (tertiary/aromatic N) is 3. The van der Waals surface area contributed by atoms with Crippen molar-refractivity contribution in [3.8, 4) is 0 Å². The van der Waals surface area contributed by atoms with Gasteiger partial charge in [-0.25, -0.2) is 4.68 Å². The zero-order valence-corrected chi connectivity index (χ0v) is 10.9. The molecule has 18 heavy (non-hydrogen) atoms. The molecular formula is C14H19N3O. The van der Waals surface area contributed by atoms with Crippen LogP contribution in [0.2, 0.25) is 0 Å². The van der Waals surface area contributed by atoms with Crippen LogP contribution in [0.25, 0.3) is 0 Å². The minimum atomic E-state index is -0.513. The fourth-order valence-corrected chi connectivity index (χ4v) is 1.82. The first-order valence-electron chi connectivity index (χ1n) is 6.38. The van der Waals surface area contributed by atoms with Gasteiger partial charge < -0.3 is 5.11 Å². The second-order valence-corrected chi connectivity index (χ2v) is 4.44. The molecule has 0 saturated heterocycles. The highest BCUT2D eigenvalue weighted by Crippen LogP contribution is 2.13. The Labute approximate surface area is 107 Å². The maximum atomic E-state index is 9.66. The van der Waals surface area contributed by atoms with Gasteiger partial charge in [0.15, 0.2) is 0 Å². The van der Waals surface area contributed by atoms with E-state index >= 15 is 0 Å². The molecule has 2 aromatic rings. The Morgan fingerprint density at radius 3 is 2.44 bits per heavy atom. The number of aromatic nitrogens is 3. The van der Waals surface area contributed by atoms with Crippen LogP contribution in [0.1, 0.15) is 43.2 Å². The van der Waals surface area contributed by atoms with Crippen molar-refractivity contribution in [2.24, 2.45) is 0 Å². The summed E-state index contributed by atoms with van der Waals surface area (Å²) in [6, 6.07) is 8.48. The average Bonchev–Trinajstić information content (AvgIpc) is 2.87. The zero-order valence-electron chi connectivity index (χ0n) is 10.9. The van der Waals surface area contributed by atoms with Crippen LogP contribution in [0.15, 0.2) is 30.5 Å². The van der Waals surface area contributed by atoms with Gasteiger partial charge >= 0.3 is 0 Å². The Hall–Kier alpha value is -1.68. The number of benzene rings is 1. The van der Waals surface area contributed by atoms with E-state index in [-0.39, 0.29) is 0 Å². The van der Waals surface area contributed by atoms with Crippen LogP contribution >= 0.6 is 0 Å². The second-order valence-electron chi connectivity index (χ2n) is 4.44. The number of hydrogen-bond acceptors (Lipinski definition) is 3. The summed E-state index contributed by atoms with van der Waals surface area (Å²) in [6.07, 6.45) is 3.00. The van der Waals surface area contributed by atoms with Crippen LogP contribution in [0.5, 0.6) is 0 Å². The standard InChI is InChI=1S/C14H19N3O/c1-3-11-5-7-12(8-6-11)9-17-10-13(15-16-17)14(18)4-2/h5-8,10,14,18H,3-4,9H2,1-2H3. The third kappa shape index (κ3) is 2.96. The Balaban J connectivity index is 2.06. The van der Waals surface area contributed by atoms with Crippen molar-refractivity contribution in [3.63, 3.8) is 0 Å². The predicted octanol–water partition coefficient (Wildman–Crippen LogP) is 2.33. The van der Waals surface area contributed by atoms with Gasteiger partial charge in [-0.1, -0.05) is 43.3 Å². The number of aliphatic hydroxyl groups is 1. The Morgan fingerprint density at radius 1 is 1.17 bits per heavy atom. The first-order chi connectivity index (χ1) is 8.72. The molecule has 0 aliphatic heterocycles. The molecule has 4 nitrogen and oxygen atoms in total. The third-order valence-electron chi connectivity index (χ3n) is 3.06. The molecule has 0 bridgehead atoms. The summed E-state index contributed by atoms with van der Waals surface area (Å²) >= 11 is 0. The molecule has 0 spiro atoms. The van der Waals surface area contributed by atoms with E-state index < -0.39 is 6.10 Å². The van der Waals surface area contributed by atoms with Gasteiger partial charge in [0.2, 0.25) is 0 Å². The van der Waals surface area contributed by atoms with E-state index in [2.05, 4.69) is 41.5 Å². The van der Waals surface area contributed by atoms with Crippen molar-refractivity contribution < 1.29 is 5.11 Å². The number of hydrogen-bond donors (Lipinski definition) is 1. The highest BCUT2D eigenvalue weighted by Gasteiger charge is 2.09. The Morgan fingerprint density at radius 2 is 1.83 bits per heavy atom. The monoisotopic (exact) mass is 245 g/mol. The molecule has 0 aliphatic rings. The van der Waals surface area contributed by atoms with E-state index in [9.17, 15) is 5.11 Å². The summed E-state index contributed by atoms with van der Waals surface area (Å²) in [5, 5.41) is 17.7. The normalized spacial score (nSPS) is 12.6. The maximum absolute atomic E-state index is 9.66. The zero-order chi connectivity index (χ0) is 13.0. The molecule has 0 radical (unpaired) electrons. The van der Waals surface area contributed by atoms with E-state index in [4.69, 9.17) is 0 Å². The summed E-state index contributed by atoms with van der Waals surface area (Å²) in [6.45, 7) is 4.76. The molecule has 0 aliphatic carbocycles. The lowest BCUT2D eigenvalue weighted by Crippen LogP contribution is -2.00. The van der Waals surface area contributed by atoms with Crippen molar-refractivity contribution in [1.29, 1.82) is 0 Å². The molecule has 96 valence electrons. The summed E-state index contributed by atoms with van der Waals surface area (Å²) in [7, 11) is 0. The molecule has 1 heterocycles. The van der Waals surface area contributed by atoms with Crippen molar-refractivity contribution in [2.75, 3.05) is 0 Å². The SMILES string of the molecule is CCc1ccc(Cn2cc(C(O)CC)nn2)cc1. The minimum absolute atomic E-state index is 0.513. The van der Waals surface area contributed by atoms with E-state index in [0.717, 1.165) is 6.42 Å². The van der Waals surface area contributed by atoms with Crippen LogP contribution < -0.4 is 0 Å². The molecule has 1 aromatic heterocycles. The van der Waals surface area contributed by atoms with Gasteiger partial charge in [-0.05, 0) is 24.0 Å². The summed E-state index contributed by atoms with van der Waals surface area (Å²) < 4.78 is 1.76. The number of aliphatic hydroxyl groups excluding tert-OH is 1. The minimum Gasteiger partial charge on any atom is -0.387 e. The maximum Gasteiger partial charge on any atom is 0.111 e. The molecule has 1 unspecified atom stereocenters. The smallest absolute Gasteiger partial charge is 0.111 e. The van der Waals surface area contributed by atoms with Crippen LogP contribution in [-0.2, 0) is 13.0 Å². The van der Waals surface area contributed by atoms with Crippen molar-refractivity contribution in [3.05, 3.63) is 47.3 Å². The molecular weight excluding hydrogens is 226 g/mol. The lowest BCUT2D eigenvalue weighted by atomic mass is 10.1. The number of aryl methyl sites for hydroxylation is 1. The topological polar surface area (TPSA) is 50.9 Å². The van der Waals surface area contributed by atoms with Gasteiger partial charge in [0.05, 0.1) is 18.8 Å². The lowest BCUT2D eigenvalue weighted by molar-refractivity contribution is 0.168. The first-order valence-corrected chi connectivity index (χ1v) is 6.38. The highest BCUT2D eigenvalue weighted by atomic mass is 16.3. The van der Waals surface area contributed by atoms with Gasteiger partial charge in [0.25, 0.3) is 0 Å². The third-order valence-corrected chi connectivity index (χ3v) is 3.06. The predicted molar refractivity (Wildman–Crippen MR) is 70.2 cm³/mol. The van der Waals surface area contributed by atoms with Crippen molar-refractivity contribution in [2.45, 2.75) is 39.3 Å². The van der Waals surface area contributed by atoms with E-state index in [0.29, 0.717) is 18.7 Å². The molecule has 2 rings (SSSR count). The Kier molecular flexibility index (Phi) is 4.10. The van der Waals surface area contributed by atoms with Crippen LogP contribution in [-0.4, -0.2) is 20.1 Å². The summed E-state index contributed by atoms with van der Waals surface area (Å²) in [5.74, 6) is 0. The van der Waals surface area contributed by atoms with E-state index in [1.54, 1.807) is 4.68 Å². The van der Waals surface area contributed by atoms with E-state index in [1.165, 1.54) is 11.1 Å². The molecule has 4 heteroatoms. The van der Waals surface area contributed by atoms with Gasteiger partial charge in [0, 0.05) is 0 Å². The molecule has 1 aromatic carbocycles. The fraction of sp³-hybridized carbons (Fsp3) is 0.429. The van der Waals surface area contributed by atoms with Crippen LogP contribution in [0, 0.1) is 0 Å². The highest BCUT2D eigenvalue weighted by molar-refractivity contribution is 5.22. The fourth-order valence-electron chi connectivity index (χ4n) is 1.82. The van der Waals surface area contributed by atoms with Gasteiger partial charge in [0.1, 0.15) is 5.69 Å². The molecule has 1 N–H and O–H groups in total. The van der Waals surface area contributed by atoms with Crippen LogP contribution in [0.3, 0.4) is 0 Å². The van der Waals surface area contributed by atoms with Gasteiger partial charge in [-0.15, -0.1) is 5.10 Å². The average molecular weight is 245 g/mol. The van der Waals surface area contributed by atoms with Crippen molar-refractivity contribution >= 4 is 0 Å². The lowest BCUT2D eigenvalue weighted by Gasteiger charge is -2.03. The quantitative estimate of drug-likeness (QED) is 0.879. The molecule has 0 saturated carbocycles. The van der Waals surface area contributed by atoms with Crippen LogP contribution in [0.4, 0.5) is 0 Å². The largest absolute Gasteiger partial charge is 0.387 e. The molecule has 0 amide bonds. The van der Waals surface area contributed by atoms with Gasteiger partial charge in [-0.3, -0.25) is 0 Å². The van der Waals surface area contributed by atoms with E-state index in [1.807, 2.05) is 13.1 Å². The second kappa shape index (κ2) is 5.78. The summed E-state index contributed by atoms with van der Waals surface area (Å²) in [5.41, 5.74) is 3.16. The Bertz CT molecular complexity index is 490. The number of rotatable bonds is 5. The molecule has 0 fully saturated rings. The van der Waals surface area contributed by atoms with Gasteiger partial charge in [-0.2, -0.15) is 0 Å². The first kappa shape index (κ1) is 12.8. The van der Waals surface area contributed by atoms with Crippen molar-refractivity contribution in [1.82, 2.24) is 15.0 Å².